The molecule has 2 aliphatic rings. The van der Waals surface area contributed by atoms with Gasteiger partial charge >= 0.3 is 0 Å². The first-order chi connectivity index (χ1) is 8.74. The van der Waals surface area contributed by atoms with E-state index in [2.05, 4.69) is 16.9 Å². The third-order valence-electron chi connectivity index (χ3n) is 4.72. The van der Waals surface area contributed by atoms with Crippen molar-refractivity contribution in [3.8, 4) is 0 Å². The van der Waals surface area contributed by atoms with Crippen LogP contribution in [0.1, 0.15) is 51.9 Å². The average Bonchev–Trinajstić information content (AvgIpc) is 2.87. The first-order valence-corrected chi connectivity index (χ1v) is 6.88. The van der Waals surface area contributed by atoms with Gasteiger partial charge in [-0.25, -0.2) is 19.6 Å². The molecule has 4 unspecified atom stereocenters. The average molecular weight is 248 g/mol. The monoisotopic (exact) mass is 248 g/mol. The van der Waals surface area contributed by atoms with Gasteiger partial charge < -0.3 is 0 Å². The number of fused-ring (bicyclic) bond motifs is 2. The van der Waals surface area contributed by atoms with E-state index < -0.39 is 0 Å². The molecule has 4 nitrogen and oxygen atoms in total. The van der Waals surface area contributed by atoms with Crippen LogP contribution >= 0.6 is 0 Å². The van der Waals surface area contributed by atoms with Crippen LogP contribution in [0.25, 0.3) is 0 Å². The molecule has 0 aliphatic heterocycles. The fourth-order valence-corrected chi connectivity index (χ4v) is 4.00. The molecule has 4 atom stereocenters. The van der Waals surface area contributed by atoms with E-state index in [1.165, 1.54) is 6.42 Å². The second-order valence-electron chi connectivity index (χ2n) is 5.81. The third kappa shape index (κ3) is 2.45. The smallest absolute Gasteiger partial charge is 0.211 e. The first-order valence-electron chi connectivity index (χ1n) is 6.88. The lowest BCUT2D eigenvalue weighted by molar-refractivity contribution is 0.211. The first kappa shape index (κ1) is 13.2. The van der Waals surface area contributed by atoms with Gasteiger partial charge in [-0.2, -0.15) is 0 Å². The lowest BCUT2D eigenvalue weighted by Gasteiger charge is -2.33. The summed E-state index contributed by atoms with van der Waals surface area (Å²) >= 11 is 0. The van der Waals surface area contributed by atoms with Gasteiger partial charge in [-0.1, -0.05) is 13.3 Å². The van der Waals surface area contributed by atoms with E-state index in [1.54, 1.807) is 12.2 Å². The maximum Gasteiger partial charge on any atom is 0.235 e. The van der Waals surface area contributed by atoms with Gasteiger partial charge in [0.05, 0.1) is 12.1 Å². The summed E-state index contributed by atoms with van der Waals surface area (Å²) in [6, 6.07) is 0.156. The quantitative estimate of drug-likeness (QED) is 0.536. The Labute approximate surface area is 108 Å². The molecule has 18 heavy (non-hydrogen) atoms. The fourth-order valence-electron chi connectivity index (χ4n) is 4.00. The van der Waals surface area contributed by atoms with Crippen LogP contribution < -0.4 is 0 Å². The van der Waals surface area contributed by atoms with E-state index >= 15 is 0 Å². The largest absolute Gasteiger partial charge is 0.235 e. The summed E-state index contributed by atoms with van der Waals surface area (Å²) in [6.45, 7) is 2.10. The van der Waals surface area contributed by atoms with Crippen molar-refractivity contribution in [2.24, 2.45) is 21.3 Å². The summed E-state index contributed by atoms with van der Waals surface area (Å²) in [5.41, 5.74) is 0.0995. The predicted octanol–water partition coefficient (Wildman–Crippen LogP) is 2.78. The third-order valence-corrected chi connectivity index (χ3v) is 4.72. The van der Waals surface area contributed by atoms with Gasteiger partial charge in [0.15, 0.2) is 0 Å². The summed E-state index contributed by atoms with van der Waals surface area (Å²) in [4.78, 5) is 29.0. The van der Waals surface area contributed by atoms with E-state index in [-0.39, 0.29) is 17.5 Å². The second-order valence-corrected chi connectivity index (χ2v) is 5.81. The highest BCUT2D eigenvalue weighted by molar-refractivity contribution is 5.35. The number of nitrogens with zero attached hydrogens (tertiary/aromatic N) is 2. The molecular weight excluding hydrogens is 228 g/mol. The van der Waals surface area contributed by atoms with Crippen LogP contribution in [-0.4, -0.2) is 24.2 Å². The number of aliphatic imine (C=N–C) groups is 2. The minimum absolute atomic E-state index is 0.0497. The van der Waals surface area contributed by atoms with Crippen molar-refractivity contribution in [1.29, 1.82) is 0 Å². The molecule has 2 aliphatic carbocycles. The molecule has 0 aromatic rings. The highest BCUT2D eigenvalue weighted by Gasteiger charge is 2.52. The molecule has 2 rings (SSSR count). The molecule has 0 heterocycles. The van der Waals surface area contributed by atoms with Crippen molar-refractivity contribution in [3.63, 3.8) is 0 Å². The van der Waals surface area contributed by atoms with E-state index in [4.69, 9.17) is 0 Å². The molecule has 0 spiro atoms. The molecule has 0 N–H and O–H groups in total. The number of hydrogen-bond donors (Lipinski definition) is 0. The number of carbonyl (C=O) groups excluding carboxylic acids is 2. The van der Waals surface area contributed by atoms with Crippen molar-refractivity contribution in [1.82, 2.24) is 0 Å². The van der Waals surface area contributed by atoms with Crippen molar-refractivity contribution in [2.45, 2.75) is 64.0 Å². The standard InChI is InChI=1S/C14H20N2O2/c1-2-3-12(15-9-17)8-14-5-4-11(7-14)6-13(14)16-10-18/h11-13H,2-8H2,1H3. The Hall–Kier alpha value is -1.24. The minimum Gasteiger partial charge on any atom is -0.211 e. The lowest BCUT2D eigenvalue weighted by atomic mass is 9.75. The van der Waals surface area contributed by atoms with Crippen LogP contribution in [0.15, 0.2) is 9.98 Å². The Morgan fingerprint density at radius 2 is 2.22 bits per heavy atom. The molecule has 2 saturated carbocycles. The van der Waals surface area contributed by atoms with Crippen LogP contribution in [0.2, 0.25) is 0 Å². The van der Waals surface area contributed by atoms with Crippen LogP contribution in [-0.2, 0) is 9.59 Å². The molecule has 4 heteroatoms. The number of rotatable bonds is 6. The Morgan fingerprint density at radius 1 is 1.39 bits per heavy atom. The molecule has 0 radical (unpaired) electrons. The normalized spacial score (nSPS) is 34.7. The zero-order valence-electron chi connectivity index (χ0n) is 10.9. The molecule has 98 valence electrons. The van der Waals surface area contributed by atoms with E-state index in [0.29, 0.717) is 5.92 Å². The van der Waals surface area contributed by atoms with E-state index in [9.17, 15) is 9.59 Å². The summed E-state index contributed by atoms with van der Waals surface area (Å²) in [5, 5.41) is 0. The topological polar surface area (TPSA) is 58.9 Å². The number of hydrogen-bond acceptors (Lipinski definition) is 4. The van der Waals surface area contributed by atoms with Gasteiger partial charge in [-0.3, -0.25) is 0 Å². The zero-order valence-corrected chi connectivity index (χ0v) is 10.9. The van der Waals surface area contributed by atoms with Crippen LogP contribution in [0.3, 0.4) is 0 Å². The van der Waals surface area contributed by atoms with Crippen molar-refractivity contribution >= 4 is 12.2 Å². The Balaban J connectivity index is 2.13. The molecule has 2 bridgehead atoms. The maximum atomic E-state index is 10.5. The van der Waals surface area contributed by atoms with Gasteiger partial charge in [0, 0.05) is 0 Å². The van der Waals surface area contributed by atoms with E-state index in [1.807, 2.05) is 0 Å². The van der Waals surface area contributed by atoms with Gasteiger partial charge in [0.1, 0.15) is 0 Å². The predicted molar refractivity (Wildman–Crippen MR) is 67.7 cm³/mol. The summed E-state index contributed by atoms with van der Waals surface area (Å²) in [7, 11) is 0. The van der Waals surface area contributed by atoms with Gasteiger partial charge in [0.25, 0.3) is 0 Å². The highest BCUT2D eigenvalue weighted by atomic mass is 16.1. The Bertz CT molecular complexity index is 397. The zero-order chi connectivity index (χ0) is 13.0. The van der Waals surface area contributed by atoms with E-state index in [0.717, 1.165) is 38.5 Å². The van der Waals surface area contributed by atoms with Crippen LogP contribution in [0, 0.1) is 11.3 Å². The lowest BCUT2D eigenvalue weighted by Crippen LogP contribution is -2.32. The van der Waals surface area contributed by atoms with Crippen molar-refractivity contribution in [3.05, 3.63) is 0 Å². The number of isocyanates is 2. The summed E-state index contributed by atoms with van der Waals surface area (Å²) < 4.78 is 0. The summed E-state index contributed by atoms with van der Waals surface area (Å²) in [5.74, 6) is 0.703. The van der Waals surface area contributed by atoms with Crippen LogP contribution in [0.4, 0.5) is 0 Å². The molecule has 0 aromatic carbocycles. The molecule has 0 aromatic heterocycles. The molecule has 2 fully saturated rings. The SMILES string of the molecule is CCCC(CC12CCC(CC1N=C=O)C2)N=C=O. The van der Waals surface area contributed by atoms with Crippen LogP contribution in [0.5, 0.6) is 0 Å². The Morgan fingerprint density at radius 3 is 2.83 bits per heavy atom. The highest BCUT2D eigenvalue weighted by Crippen LogP contribution is 2.58. The van der Waals surface area contributed by atoms with Gasteiger partial charge in [-0.15, -0.1) is 0 Å². The summed E-state index contributed by atoms with van der Waals surface area (Å²) in [6.07, 6.45) is 10.7. The van der Waals surface area contributed by atoms with Gasteiger partial charge in [-0.05, 0) is 49.9 Å². The maximum absolute atomic E-state index is 10.5. The molecular formula is C14H20N2O2. The molecule has 0 amide bonds. The Kier molecular flexibility index (Phi) is 4.11. The molecule has 0 saturated heterocycles. The second kappa shape index (κ2) is 5.60. The van der Waals surface area contributed by atoms with Gasteiger partial charge in [0.2, 0.25) is 12.2 Å². The van der Waals surface area contributed by atoms with Crippen molar-refractivity contribution in [2.75, 3.05) is 0 Å². The fraction of sp³-hybridized carbons (Fsp3) is 0.857. The minimum atomic E-state index is 0.0497. The van der Waals surface area contributed by atoms with Crippen molar-refractivity contribution < 1.29 is 9.59 Å².